The summed E-state index contributed by atoms with van der Waals surface area (Å²) in [6, 6.07) is 12.4. The summed E-state index contributed by atoms with van der Waals surface area (Å²) in [6.07, 6.45) is 0.901. The summed E-state index contributed by atoms with van der Waals surface area (Å²) in [6.45, 7) is 1.94. The molecule has 23 heavy (non-hydrogen) atoms. The Bertz CT molecular complexity index is 797. The summed E-state index contributed by atoms with van der Waals surface area (Å²) in [5.41, 5.74) is 15.3. The summed E-state index contributed by atoms with van der Waals surface area (Å²) in [5.74, 6) is 0.294. The van der Waals surface area contributed by atoms with E-state index in [0.717, 1.165) is 22.7 Å². The molecule has 0 fully saturated rings. The Kier molecular flexibility index (Phi) is 5.29. The number of rotatable bonds is 2. The molecule has 0 heterocycles. The van der Waals surface area contributed by atoms with Crippen molar-refractivity contribution >= 4 is 35.7 Å². The average molecular weight is 349 g/mol. The molecule has 0 amide bonds. The summed E-state index contributed by atoms with van der Waals surface area (Å²) >= 11 is 6.08. The van der Waals surface area contributed by atoms with Crippen molar-refractivity contribution in [3.8, 4) is 11.1 Å². The molecule has 0 atom stereocenters. The van der Waals surface area contributed by atoms with Crippen molar-refractivity contribution in [2.24, 2.45) is 15.8 Å². The summed E-state index contributed by atoms with van der Waals surface area (Å²) in [4.78, 5) is 3.81. The first-order valence-electron chi connectivity index (χ1n) is 7.03. The van der Waals surface area contributed by atoms with Gasteiger partial charge in [-0.05, 0) is 59.4 Å². The van der Waals surface area contributed by atoms with Crippen LogP contribution in [0, 0.1) is 0 Å². The van der Waals surface area contributed by atoms with Gasteiger partial charge in [0.2, 0.25) is 5.96 Å². The van der Waals surface area contributed by atoms with E-state index >= 15 is 0 Å². The van der Waals surface area contributed by atoms with Crippen LogP contribution >= 0.6 is 24.0 Å². The van der Waals surface area contributed by atoms with Crippen LogP contribution in [-0.2, 0) is 6.42 Å². The number of guanidine groups is 1. The Morgan fingerprint density at radius 2 is 1.78 bits per heavy atom. The molecule has 120 valence electrons. The number of fused-ring (bicyclic) bond motifs is 3. The van der Waals surface area contributed by atoms with Gasteiger partial charge in [-0.2, -0.15) is 5.10 Å². The predicted molar refractivity (Wildman–Crippen MR) is 99.8 cm³/mol. The first kappa shape index (κ1) is 17.3. The lowest BCUT2D eigenvalue weighted by Gasteiger charge is -2.06. The molecule has 6 heteroatoms. The number of benzene rings is 2. The summed E-state index contributed by atoms with van der Waals surface area (Å²) < 4.78 is 0. The van der Waals surface area contributed by atoms with E-state index in [-0.39, 0.29) is 12.4 Å². The average Bonchev–Trinajstić information content (AvgIpc) is 2.88. The maximum absolute atomic E-state index is 6.08. The summed E-state index contributed by atoms with van der Waals surface area (Å²) in [5, 5.41) is 5.02. The van der Waals surface area contributed by atoms with E-state index in [1.165, 1.54) is 22.3 Å². The van der Waals surface area contributed by atoms with Gasteiger partial charge in [0, 0.05) is 12.1 Å². The van der Waals surface area contributed by atoms with Crippen molar-refractivity contribution in [2.45, 2.75) is 13.3 Å². The van der Waals surface area contributed by atoms with Crippen LogP contribution in [0.5, 0.6) is 0 Å². The van der Waals surface area contributed by atoms with Gasteiger partial charge in [0.1, 0.15) is 0 Å². The van der Waals surface area contributed by atoms with E-state index in [4.69, 9.17) is 17.3 Å². The van der Waals surface area contributed by atoms with E-state index in [1.807, 2.05) is 19.1 Å². The molecule has 3 N–H and O–H groups in total. The second-order valence-corrected chi connectivity index (χ2v) is 5.70. The van der Waals surface area contributed by atoms with E-state index < -0.39 is 0 Å². The Hall–Kier alpha value is -2.04. The fourth-order valence-electron chi connectivity index (χ4n) is 2.66. The zero-order chi connectivity index (χ0) is 15.7. The maximum atomic E-state index is 6.08. The third-order valence-corrected chi connectivity index (χ3v) is 4.08. The number of nitrogens with zero attached hydrogens (tertiary/aromatic N) is 2. The number of nitrogens with two attached hydrogens (primary N) is 1. The lowest BCUT2D eigenvalue weighted by molar-refractivity contribution is 0.997. The van der Waals surface area contributed by atoms with Gasteiger partial charge in [0.05, 0.1) is 5.71 Å². The van der Waals surface area contributed by atoms with Crippen molar-refractivity contribution in [3.63, 3.8) is 0 Å². The zero-order valence-corrected chi connectivity index (χ0v) is 14.5. The van der Waals surface area contributed by atoms with Gasteiger partial charge in [0.25, 0.3) is 0 Å². The van der Waals surface area contributed by atoms with E-state index in [9.17, 15) is 0 Å². The Balaban J connectivity index is 0.00000192. The Morgan fingerprint density at radius 3 is 2.48 bits per heavy atom. The van der Waals surface area contributed by atoms with Gasteiger partial charge in [-0.25, -0.2) is 5.43 Å². The second kappa shape index (κ2) is 7.02. The quantitative estimate of drug-likeness (QED) is 0.422. The molecule has 0 aliphatic heterocycles. The van der Waals surface area contributed by atoms with Gasteiger partial charge < -0.3 is 5.73 Å². The van der Waals surface area contributed by atoms with Gasteiger partial charge in [0.15, 0.2) is 0 Å². The molecular weight excluding hydrogens is 331 g/mol. The molecule has 3 rings (SSSR count). The fraction of sp³-hybridized carbons (Fsp3) is 0.176. The van der Waals surface area contributed by atoms with Crippen molar-refractivity contribution in [3.05, 3.63) is 58.1 Å². The molecule has 0 spiro atoms. The molecule has 0 radical (unpaired) electrons. The Labute approximate surface area is 146 Å². The molecule has 0 aromatic heterocycles. The predicted octanol–water partition coefficient (Wildman–Crippen LogP) is 3.59. The van der Waals surface area contributed by atoms with Gasteiger partial charge in [-0.15, -0.1) is 12.4 Å². The highest BCUT2D eigenvalue weighted by molar-refractivity contribution is 6.30. The normalized spacial score (nSPS) is 13.2. The largest absolute Gasteiger partial charge is 0.369 e. The minimum Gasteiger partial charge on any atom is -0.369 e. The Morgan fingerprint density at radius 1 is 1.13 bits per heavy atom. The minimum absolute atomic E-state index is 0. The standard InChI is InChI=1S/C17H17ClN4.ClH/c1-10(21-22-17(19)20-2)11-3-5-15-12(7-11)8-13-9-14(18)4-6-16(13)15;/h3-7,9H,8H2,1-2H3,(H3,19,20,22);1H. The number of hydrogen-bond donors (Lipinski definition) is 2. The summed E-state index contributed by atoms with van der Waals surface area (Å²) in [7, 11) is 1.62. The lowest BCUT2D eigenvalue weighted by Crippen LogP contribution is -2.27. The van der Waals surface area contributed by atoms with Crippen molar-refractivity contribution in [1.29, 1.82) is 0 Å². The molecule has 2 aromatic carbocycles. The highest BCUT2D eigenvalue weighted by Crippen LogP contribution is 2.38. The van der Waals surface area contributed by atoms with Crippen molar-refractivity contribution in [2.75, 3.05) is 7.05 Å². The lowest BCUT2D eigenvalue weighted by atomic mass is 10.0. The van der Waals surface area contributed by atoms with Gasteiger partial charge >= 0.3 is 0 Å². The van der Waals surface area contributed by atoms with Crippen LogP contribution in [0.2, 0.25) is 5.02 Å². The van der Waals surface area contributed by atoms with Crippen LogP contribution in [0.25, 0.3) is 11.1 Å². The van der Waals surface area contributed by atoms with Gasteiger partial charge in [-0.1, -0.05) is 29.8 Å². The molecule has 2 aromatic rings. The number of halogens is 2. The molecule has 1 aliphatic carbocycles. The van der Waals surface area contributed by atoms with E-state index in [0.29, 0.717) is 5.96 Å². The maximum Gasteiger partial charge on any atom is 0.209 e. The minimum atomic E-state index is 0. The monoisotopic (exact) mass is 348 g/mol. The topological polar surface area (TPSA) is 62.8 Å². The number of nitrogens with one attached hydrogen (secondary N) is 1. The molecule has 0 bridgehead atoms. The molecule has 0 saturated heterocycles. The first-order chi connectivity index (χ1) is 10.6. The van der Waals surface area contributed by atoms with Crippen LogP contribution < -0.4 is 11.2 Å². The van der Waals surface area contributed by atoms with Gasteiger partial charge in [-0.3, -0.25) is 4.99 Å². The van der Waals surface area contributed by atoms with Crippen LogP contribution in [-0.4, -0.2) is 18.7 Å². The van der Waals surface area contributed by atoms with E-state index in [2.05, 4.69) is 39.8 Å². The molecule has 4 nitrogen and oxygen atoms in total. The smallest absolute Gasteiger partial charge is 0.209 e. The number of aliphatic imine (C=N–C) groups is 1. The number of hydrogen-bond acceptors (Lipinski definition) is 2. The second-order valence-electron chi connectivity index (χ2n) is 5.27. The molecule has 1 aliphatic rings. The third-order valence-electron chi connectivity index (χ3n) is 3.84. The third kappa shape index (κ3) is 3.49. The first-order valence-corrected chi connectivity index (χ1v) is 7.41. The highest BCUT2D eigenvalue weighted by atomic mass is 35.5. The van der Waals surface area contributed by atoms with Crippen LogP contribution in [0.3, 0.4) is 0 Å². The highest BCUT2D eigenvalue weighted by Gasteiger charge is 2.19. The fourth-order valence-corrected chi connectivity index (χ4v) is 2.85. The molecule has 0 saturated carbocycles. The van der Waals surface area contributed by atoms with E-state index in [1.54, 1.807) is 7.05 Å². The SMILES string of the molecule is CN=C(N)NN=C(C)c1ccc2c(c1)Cc1cc(Cl)ccc1-2.Cl. The van der Waals surface area contributed by atoms with Crippen molar-refractivity contribution < 1.29 is 0 Å². The van der Waals surface area contributed by atoms with Crippen molar-refractivity contribution in [1.82, 2.24) is 5.43 Å². The zero-order valence-electron chi connectivity index (χ0n) is 12.9. The molecular formula is C17H18Cl2N4. The number of hydrazone groups is 1. The molecule has 0 unspecified atom stereocenters. The van der Waals surface area contributed by atoms with Crippen LogP contribution in [0.4, 0.5) is 0 Å². The van der Waals surface area contributed by atoms with Crippen LogP contribution in [0.1, 0.15) is 23.6 Å². The van der Waals surface area contributed by atoms with Crippen LogP contribution in [0.15, 0.2) is 46.5 Å².